The third kappa shape index (κ3) is 5.13. The Morgan fingerprint density at radius 2 is 1.74 bits per heavy atom. The van der Waals surface area contributed by atoms with Gasteiger partial charge in [-0.1, -0.05) is 30.3 Å². The highest BCUT2D eigenvalue weighted by Gasteiger charge is 2.18. The topological polar surface area (TPSA) is 144 Å². The van der Waals surface area contributed by atoms with Crippen molar-refractivity contribution in [2.24, 2.45) is 10.9 Å². The van der Waals surface area contributed by atoms with Crippen LogP contribution < -0.4 is 16.2 Å². The number of anilines is 1. The molecule has 1 aromatic heterocycles. The number of benzene rings is 3. The van der Waals surface area contributed by atoms with E-state index in [1.807, 2.05) is 13.0 Å². The molecule has 3 aromatic carbocycles. The van der Waals surface area contributed by atoms with Gasteiger partial charge in [0.15, 0.2) is 0 Å². The third-order valence-electron chi connectivity index (χ3n) is 5.33. The molecular formula is C25H22FN5O3S. The van der Waals surface area contributed by atoms with Crippen LogP contribution in [0.3, 0.4) is 0 Å². The van der Waals surface area contributed by atoms with Gasteiger partial charge in [-0.25, -0.2) is 17.9 Å². The second-order valence-corrected chi connectivity index (χ2v) is 9.48. The number of amidine groups is 1. The molecule has 1 heterocycles. The second kappa shape index (κ2) is 9.16. The summed E-state index contributed by atoms with van der Waals surface area (Å²) in [5.74, 6) is -1.16. The number of carbonyl (C=O) groups excluding carboxylic acids is 1. The molecule has 0 aliphatic heterocycles. The number of hydrogen-bond acceptors (Lipinski definition) is 4. The molecule has 6 N–H and O–H groups in total. The van der Waals surface area contributed by atoms with Gasteiger partial charge in [-0.2, -0.15) is 0 Å². The van der Waals surface area contributed by atoms with Crippen LogP contribution in [0.5, 0.6) is 0 Å². The fraction of sp³-hybridized carbons (Fsp3) is 0.0400. The van der Waals surface area contributed by atoms with Gasteiger partial charge in [0.05, 0.1) is 4.90 Å². The Kier molecular flexibility index (Phi) is 6.25. The predicted octanol–water partition coefficient (Wildman–Crippen LogP) is 3.78. The van der Waals surface area contributed by atoms with E-state index in [0.29, 0.717) is 28.2 Å². The standard InChI is InChI=1S/C25H22FN5O3S/c1-15-11-22(31(14-15)20-4-2-3-17(12-20)24(27)28)25(32)30-19-8-5-16(6-9-19)21-10-7-18(26)13-23(21)35(29,33)34/h2-14H,1H3,(H3,27,28)(H,30,32)(H2,29,33,34). The molecule has 0 saturated heterocycles. The molecule has 0 fully saturated rings. The molecule has 0 aliphatic carbocycles. The lowest BCUT2D eigenvalue weighted by molar-refractivity contribution is 0.102. The van der Waals surface area contributed by atoms with Gasteiger partial charge in [0.1, 0.15) is 17.3 Å². The maximum atomic E-state index is 13.6. The molecule has 0 spiro atoms. The Hall–Kier alpha value is -4.28. The number of amides is 1. The van der Waals surface area contributed by atoms with Gasteiger partial charge in [0.2, 0.25) is 10.0 Å². The number of nitrogens with one attached hydrogen (secondary N) is 2. The van der Waals surface area contributed by atoms with E-state index < -0.39 is 15.8 Å². The molecular weight excluding hydrogens is 469 g/mol. The quantitative estimate of drug-likeness (QED) is 0.240. The minimum atomic E-state index is -4.14. The fourth-order valence-corrected chi connectivity index (χ4v) is 4.48. The average Bonchev–Trinajstić information content (AvgIpc) is 3.21. The van der Waals surface area contributed by atoms with Crippen molar-refractivity contribution < 1.29 is 17.6 Å². The summed E-state index contributed by atoms with van der Waals surface area (Å²) in [6.07, 6.45) is 1.81. The number of hydrogen-bond donors (Lipinski definition) is 4. The first-order valence-electron chi connectivity index (χ1n) is 10.4. The Labute approximate surface area is 201 Å². The van der Waals surface area contributed by atoms with E-state index in [-0.39, 0.29) is 22.2 Å². The Balaban J connectivity index is 1.62. The number of carbonyl (C=O) groups is 1. The molecule has 0 unspecified atom stereocenters. The summed E-state index contributed by atoms with van der Waals surface area (Å²) in [4.78, 5) is 12.8. The predicted molar refractivity (Wildman–Crippen MR) is 133 cm³/mol. The minimum absolute atomic E-state index is 0.0754. The number of nitrogens with zero attached hydrogens (tertiary/aromatic N) is 1. The first-order chi connectivity index (χ1) is 16.5. The van der Waals surface area contributed by atoms with E-state index in [1.165, 1.54) is 6.07 Å². The highest BCUT2D eigenvalue weighted by Crippen LogP contribution is 2.29. The van der Waals surface area contributed by atoms with E-state index in [9.17, 15) is 17.6 Å². The Bertz CT molecular complexity index is 1560. The third-order valence-corrected chi connectivity index (χ3v) is 6.28. The van der Waals surface area contributed by atoms with Crippen molar-refractivity contribution in [3.05, 3.63) is 102 Å². The molecule has 178 valence electrons. The molecule has 1 amide bonds. The van der Waals surface area contributed by atoms with Crippen molar-refractivity contribution in [1.29, 1.82) is 5.41 Å². The number of nitrogen functional groups attached to an aromatic ring is 1. The van der Waals surface area contributed by atoms with Crippen LogP contribution in [0, 0.1) is 18.2 Å². The van der Waals surface area contributed by atoms with Gasteiger partial charge in [0, 0.05) is 28.7 Å². The number of primary sulfonamides is 1. The lowest BCUT2D eigenvalue weighted by atomic mass is 10.1. The zero-order valence-corrected chi connectivity index (χ0v) is 19.4. The van der Waals surface area contributed by atoms with E-state index in [0.717, 1.165) is 17.7 Å². The van der Waals surface area contributed by atoms with Crippen LogP contribution >= 0.6 is 0 Å². The summed E-state index contributed by atoms with van der Waals surface area (Å²) in [6, 6.07) is 18.5. The first-order valence-corrected chi connectivity index (χ1v) is 12.0. The zero-order chi connectivity index (χ0) is 25.3. The van der Waals surface area contributed by atoms with Gasteiger partial charge < -0.3 is 15.6 Å². The number of aryl methyl sites for hydroxylation is 1. The van der Waals surface area contributed by atoms with Crippen LogP contribution in [0.4, 0.5) is 10.1 Å². The number of nitrogens with two attached hydrogens (primary N) is 2. The summed E-state index contributed by atoms with van der Waals surface area (Å²) in [5, 5.41) is 15.7. The van der Waals surface area contributed by atoms with Crippen molar-refractivity contribution in [3.8, 4) is 16.8 Å². The zero-order valence-electron chi connectivity index (χ0n) is 18.6. The maximum Gasteiger partial charge on any atom is 0.272 e. The lowest BCUT2D eigenvalue weighted by Crippen LogP contribution is -2.17. The number of rotatable bonds is 6. The number of sulfonamides is 1. The minimum Gasteiger partial charge on any atom is -0.384 e. The molecule has 8 nitrogen and oxygen atoms in total. The first kappa shape index (κ1) is 23.9. The fourth-order valence-electron chi connectivity index (χ4n) is 3.71. The van der Waals surface area contributed by atoms with Gasteiger partial charge in [-0.3, -0.25) is 10.2 Å². The van der Waals surface area contributed by atoms with Crippen LogP contribution in [0.25, 0.3) is 16.8 Å². The van der Waals surface area contributed by atoms with Crippen LogP contribution in [0.15, 0.2) is 83.9 Å². The van der Waals surface area contributed by atoms with Gasteiger partial charge in [-0.05, 0) is 60.5 Å². The lowest BCUT2D eigenvalue weighted by Gasteiger charge is -2.12. The normalized spacial score (nSPS) is 11.3. The van der Waals surface area contributed by atoms with E-state index >= 15 is 0 Å². The van der Waals surface area contributed by atoms with Gasteiger partial charge >= 0.3 is 0 Å². The highest BCUT2D eigenvalue weighted by atomic mass is 32.2. The maximum absolute atomic E-state index is 13.6. The Morgan fingerprint density at radius 3 is 2.40 bits per heavy atom. The molecule has 35 heavy (non-hydrogen) atoms. The largest absolute Gasteiger partial charge is 0.384 e. The highest BCUT2D eigenvalue weighted by molar-refractivity contribution is 7.89. The second-order valence-electron chi connectivity index (χ2n) is 7.95. The number of aromatic nitrogens is 1. The van der Waals surface area contributed by atoms with Crippen molar-refractivity contribution in [1.82, 2.24) is 4.57 Å². The van der Waals surface area contributed by atoms with Crippen LogP contribution in [0.2, 0.25) is 0 Å². The van der Waals surface area contributed by atoms with Crippen molar-refractivity contribution >= 4 is 27.5 Å². The van der Waals surface area contributed by atoms with Crippen LogP contribution in [-0.4, -0.2) is 24.7 Å². The molecule has 0 bridgehead atoms. The van der Waals surface area contributed by atoms with Crippen molar-refractivity contribution in [2.75, 3.05) is 5.32 Å². The molecule has 10 heteroatoms. The van der Waals surface area contributed by atoms with Crippen LogP contribution in [0.1, 0.15) is 21.6 Å². The molecule has 4 rings (SSSR count). The monoisotopic (exact) mass is 491 g/mol. The number of halogens is 1. The summed E-state index contributed by atoms with van der Waals surface area (Å²) >= 11 is 0. The molecule has 0 radical (unpaired) electrons. The molecule has 0 saturated carbocycles. The SMILES string of the molecule is Cc1cc(C(=O)Nc2ccc(-c3ccc(F)cc3S(N)(=O)=O)cc2)n(-c2cccc(C(=N)N)c2)c1. The summed E-state index contributed by atoms with van der Waals surface area (Å²) < 4.78 is 39.1. The summed E-state index contributed by atoms with van der Waals surface area (Å²) in [6.45, 7) is 1.86. The van der Waals surface area contributed by atoms with E-state index in [1.54, 1.807) is 59.3 Å². The van der Waals surface area contributed by atoms with Crippen molar-refractivity contribution in [3.63, 3.8) is 0 Å². The van der Waals surface area contributed by atoms with Crippen LogP contribution in [-0.2, 0) is 10.0 Å². The van der Waals surface area contributed by atoms with Crippen molar-refractivity contribution in [2.45, 2.75) is 11.8 Å². The average molecular weight is 492 g/mol. The van der Waals surface area contributed by atoms with Gasteiger partial charge in [0.25, 0.3) is 5.91 Å². The summed E-state index contributed by atoms with van der Waals surface area (Å²) in [5.41, 5.74) is 9.27. The molecule has 4 aromatic rings. The Morgan fingerprint density at radius 1 is 1.03 bits per heavy atom. The van der Waals surface area contributed by atoms with E-state index in [4.69, 9.17) is 16.3 Å². The van der Waals surface area contributed by atoms with E-state index in [2.05, 4.69) is 5.32 Å². The smallest absolute Gasteiger partial charge is 0.272 e. The van der Waals surface area contributed by atoms with Gasteiger partial charge in [-0.15, -0.1) is 0 Å². The molecule has 0 atom stereocenters. The summed E-state index contributed by atoms with van der Waals surface area (Å²) in [7, 11) is -4.14. The molecule has 0 aliphatic rings.